The first-order valence-corrected chi connectivity index (χ1v) is 5.57. The van der Waals surface area contributed by atoms with Crippen LogP contribution >= 0.6 is 11.3 Å². The summed E-state index contributed by atoms with van der Waals surface area (Å²) < 4.78 is 0. The summed E-state index contributed by atoms with van der Waals surface area (Å²) in [4.78, 5) is 11.5. The highest BCUT2D eigenvalue weighted by molar-refractivity contribution is 7.08. The molecule has 0 aliphatic rings. The Morgan fingerprint density at radius 2 is 1.94 bits per heavy atom. The maximum absolute atomic E-state index is 11.5. The first-order chi connectivity index (χ1) is 7.75. The van der Waals surface area contributed by atoms with Crippen LogP contribution in [0.25, 0.3) is 0 Å². The zero-order valence-corrected chi connectivity index (χ0v) is 9.12. The molecule has 16 heavy (non-hydrogen) atoms. The summed E-state index contributed by atoms with van der Waals surface area (Å²) in [5.41, 5.74) is 6.64. The molecule has 2 aromatic rings. The smallest absolute Gasteiger partial charge is 0.270 e. The molecule has 0 unspecified atom stereocenters. The Labute approximate surface area is 96.5 Å². The molecule has 1 aromatic heterocycles. The van der Waals surface area contributed by atoms with E-state index < -0.39 is 0 Å². The Hall–Kier alpha value is -2.01. The molecule has 2 rings (SSSR count). The zero-order valence-electron chi connectivity index (χ0n) is 8.31. The summed E-state index contributed by atoms with van der Waals surface area (Å²) >= 11 is 1.47. The SMILES string of the molecule is O=C(NNc1ccc(O)cc1)c1ccsc1. The molecule has 5 heteroatoms. The van der Waals surface area contributed by atoms with E-state index in [1.54, 1.807) is 35.7 Å². The minimum Gasteiger partial charge on any atom is -0.508 e. The third-order valence-corrected chi connectivity index (χ3v) is 2.65. The van der Waals surface area contributed by atoms with Crippen LogP contribution in [0.1, 0.15) is 10.4 Å². The number of hydrogen-bond acceptors (Lipinski definition) is 4. The maximum atomic E-state index is 11.5. The van der Waals surface area contributed by atoms with Crippen molar-refractivity contribution in [2.75, 3.05) is 5.43 Å². The minimum absolute atomic E-state index is 0.186. The predicted molar refractivity (Wildman–Crippen MR) is 63.5 cm³/mol. The molecule has 1 aromatic carbocycles. The van der Waals surface area contributed by atoms with Gasteiger partial charge in [0.25, 0.3) is 5.91 Å². The normalized spacial score (nSPS) is 9.75. The lowest BCUT2D eigenvalue weighted by Gasteiger charge is -2.07. The standard InChI is InChI=1S/C11H10N2O2S/c14-10-3-1-9(2-4-10)12-13-11(15)8-5-6-16-7-8/h1-7,12,14H,(H,13,15). The number of rotatable bonds is 3. The Morgan fingerprint density at radius 3 is 2.56 bits per heavy atom. The van der Waals surface area contributed by atoms with Crippen molar-refractivity contribution in [3.8, 4) is 5.75 Å². The highest BCUT2D eigenvalue weighted by Gasteiger charge is 2.04. The number of phenolic OH excluding ortho intramolecular Hbond substituents is 1. The lowest BCUT2D eigenvalue weighted by atomic mass is 10.3. The molecule has 0 radical (unpaired) electrons. The Kier molecular flexibility index (Phi) is 3.07. The third-order valence-electron chi connectivity index (χ3n) is 1.97. The number of carbonyl (C=O) groups is 1. The molecular formula is C11H10N2O2S. The van der Waals surface area contributed by atoms with Crippen LogP contribution in [0.2, 0.25) is 0 Å². The topological polar surface area (TPSA) is 61.4 Å². The second-order valence-electron chi connectivity index (χ2n) is 3.14. The number of phenols is 1. The quantitative estimate of drug-likeness (QED) is 0.563. The Bertz CT molecular complexity index is 465. The fourth-order valence-corrected chi connectivity index (χ4v) is 1.78. The lowest BCUT2D eigenvalue weighted by molar-refractivity contribution is 0.0963. The predicted octanol–water partition coefficient (Wildman–Crippen LogP) is 2.21. The van der Waals surface area contributed by atoms with Gasteiger partial charge in [-0.1, -0.05) is 0 Å². The van der Waals surface area contributed by atoms with E-state index in [9.17, 15) is 4.79 Å². The van der Waals surface area contributed by atoms with E-state index in [0.29, 0.717) is 11.3 Å². The van der Waals surface area contributed by atoms with Crippen LogP contribution in [-0.4, -0.2) is 11.0 Å². The third kappa shape index (κ3) is 2.52. The van der Waals surface area contributed by atoms with Gasteiger partial charge in [-0.15, -0.1) is 0 Å². The molecule has 0 saturated heterocycles. The fourth-order valence-electron chi connectivity index (χ4n) is 1.14. The average molecular weight is 234 g/mol. The molecule has 0 aliphatic heterocycles. The number of amides is 1. The molecule has 0 bridgehead atoms. The summed E-state index contributed by atoms with van der Waals surface area (Å²) in [6.45, 7) is 0. The number of aromatic hydroxyl groups is 1. The molecule has 1 amide bonds. The summed E-state index contributed by atoms with van der Waals surface area (Å²) in [5, 5.41) is 12.7. The van der Waals surface area contributed by atoms with Crippen LogP contribution in [0.3, 0.4) is 0 Å². The summed E-state index contributed by atoms with van der Waals surface area (Å²) in [7, 11) is 0. The van der Waals surface area contributed by atoms with E-state index in [0.717, 1.165) is 0 Å². The Morgan fingerprint density at radius 1 is 1.19 bits per heavy atom. The lowest BCUT2D eigenvalue weighted by Crippen LogP contribution is -2.28. The maximum Gasteiger partial charge on any atom is 0.270 e. The van der Waals surface area contributed by atoms with Gasteiger partial charge >= 0.3 is 0 Å². The number of hydrazine groups is 1. The highest BCUT2D eigenvalue weighted by Crippen LogP contribution is 2.13. The molecule has 1 heterocycles. The first kappa shape index (κ1) is 10.5. The number of anilines is 1. The van der Waals surface area contributed by atoms with Crippen molar-refractivity contribution in [2.24, 2.45) is 0 Å². The van der Waals surface area contributed by atoms with Crippen LogP contribution in [0, 0.1) is 0 Å². The van der Waals surface area contributed by atoms with E-state index in [-0.39, 0.29) is 11.7 Å². The molecule has 4 nitrogen and oxygen atoms in total. The van der Waals surface area contributed by atoms with E-state index in [1.807, 2.05) is 5.38 Å². The van der Waals surface area contributed by atoms with Gasteiger partial charge in [-0.25, -0.2) is 0 Å². The van der Waals surface area contributed by atoms with Crippen LogP contribution in [0.4, 0.5) is 5.69 Å². The van der Waals surface area contributed by atoms with Gasteiger partial charge in [0.15, 0.2) is 0 Å². The summed E-state index contributed by atoms with van der Waals surface area (Å²) in [6.07, 6.45) is 0. The van der Waals surface area contributed by atoms with E-state index in [2.05, 4.69) is 10.9 Å². The summed E-state index contributed by atoms with van der Waals surface area (Å²) in [6, 6.07) is 8.17. The number of carbonyl (C=O) groups excluding carboxylic acids is 1. The largest absolute Gasteiger partial charge is 0.508 e. The number of hydrogen-bond donors (Lipinski definition) is 3. The van der Waals surface area contributed by atoms with Crippen LogP contribution < -0.4 is 10.9 Å². The molecular weight excluding hydrogens is 224 g/mol. The monoisotopic (exact) mass is 234 g/mol. The summed E-state index contributed by atoms with van der Waals surface area (Å²) in [5.74, 6) is 0.00374. The van der Waals surface area contributed by atoms with Gasteiger partial charge in [0.2, 0.25) is 0 Å². The first-order valence-electron chi connectivity index (χ1n) is 4.63. The molecule has 0 aliphatic carbocycles. The van der Waals surface area contributed by atoms with Crippen molar-refractivity contribution < 1.29 is 9.90 Å². The second kappa shape index (κ2) is 4.67. The van der Waals surface area contributed by atoms with Gasteiger partial charge in [-0.3, -0.25) is 15.6 Å². The van der Waals surface area contributed by atoms with Crippen molar-refractivity contribution in [2.45, 2.75) is 0 Å². The van der Waals surface area contributed by atoms with Crippen molar-refractivity contribution in [3.05, 3.63) is 46.7 Å². The molecule has 82 valence electrons. The van der Waals surface area contributed by atoms with Gasteiger partial charge in [-0.2, -0.15) is 11.3 Å². The van der Waals surface area contributed by atoms with E-state index >= 15 is 0 Å². The number of thiophene rings is 1. The average Bonchev–Trinajstić information content (AvgIpc) is 2.81. The zero-order chi connectivity index (χ0) is 11.4. The van der Waals surface area contributed by atoms with Crippen molar-refractivity contribution in [1.29, 1.82) is 0 Å². The highest BCUT2D eigenvalue weighted by atomic mass is 32.1. The van der Waals surface area contributed by atoms with Gasteiger partial charge < -0.3 is 5.11 Å². The Balaban J connectivity index is 1.93. The van der Waals surface area contributed by atoms with Gasteiger partial charge in [-0.05, 0) is 35.7 Å². The van der Waals surface area contributed by atoms with Crippen LogP contribution in [0.5, 0.6) is 5.75 Å². The van der Waals surface area contributed by atoms with E-state index in [1.165, 1.54) is 11.3 Å². The van der Waals surface area contributed by atoms with Gasteiger partial charge in [0, 0.05) is 5.38 Å². The number of benzene rings is 1. The van der Waals surface area contributed by atoms with E-state index in [4.69, 9.17) is 5.11 Å². The molecule has 0 saturated carbocycles. The van der Waals surface area contributed by atoms with Crippen molar-refractivity contribution in [3.63, 3.8) is 0 Å². The van der Waals surface area contributed by atoms with Crippen molar-refractivity contribution in [1.82, 2.24) is 5.43 Å². The molecule has 0 atom stereocenters. The fraction of sp³-hybridized carbons (Fsp3) is 0. The number of nitrogens with one attached hydrogen (secondary N) is 2. The molecule has 0 spiro atoms. The second-order valence-corrected chi connectivity index (χ2v) is 3.92. The molecule has 3 N–H and O–H groups in total. The minimum atomic E-state index is -0.186. The van der Waals surface area contributed by atoms with Crippen LogP contribution in [-0.2, 0) is 0 Å². The molecule has 0 fully saturated rings. The van der Waals surface area contributed by atoms with Gasteiger partial charge in [0.05, 0.1) is 11.3 Å². The van der Waals surface area contributed by atoms with Crippen LogP contribution in [0.15, 0.2) is 41.1 Å². The van der Waals surface area contributed by atoms with Crippen molar-refractivity contribution >= 4 is 22.9 Å². The van der Waals surface area contributed by atoms with Gasteiger partial charge in [0.1, 0.15) is 5.75 Å².